The number of esters is 1. The van der Waals surface area contributed by atoms with Gasteiger partial charge in [0.2, 0.25) is 0 Å². The number of ether oxygens (including phenoxy) is 2. The van der Waals surface area contributed by atoms with Crippen molar-refractivity contribution in [3.05, 3.63) is 59.2 Å². The van der Waals surface area contributed by atoms with Crippen molar-refractivity contribution in [3.8, 4) is 11.5 Å². The van der Waals surface area contributed by atoms with E-state index in [-0.39, 0.29) is 5.75 Å². The maximum atomic E-state index is 13.5. The fourth-order valence-corrected chi connectivity index (χ4v) is 1.65. The summed E-state index contributed by atoms with van der Waals surface area (Å²) in [5.41, 5.74) is 1.29. The monoisotopic (exact) mass is 278 g/mol. The van der Waals surface area contributed by atoms with Gasteiger partial charge in [0.1, 0.15) is 5.75 Å². The van der Waals surface area contributed by atoms with Gasteiger partial charge in [0.05, 0.1) is 12.7 Å². The van der Waals surface area contributed by atoms with E-state index in [1.807, 2.05) is 6.92 Å². The number of aryl methyl sites for hydroxylation is 1. The molecule has 0 fully saturated rings. The molecule has 0 unspecified atom stereocenters. The van der Waals surface area contributed by atoms with Crippen molar-refractivity contribution in [1.82, 2.24) is 0 Å². The molecule has 3 nitrogen and oxygen atoms in total. The van der Waals surface area contributed by atoms with Crippen molar-refractivity contribution in [2.45, 2.75) is 6.92 Å². The van der Waals surface area contributed by atoms with E-state index in [1.54, 1.807) is 24.3 Å². The smallest absolute Gasteiger partial charge is 0.343 e. The van der Waals surface area contributed by atoms with Crippen LogP contribution in [0.1, 0.15) is 15.9 Å². The van der Waals surface area contributed by atoms with Crippen LogP contribution in [0.15, 0.2) is 36.4 Å². The second kappa shape index (κ2) is 5.69. The minimum absolute atomic E-state index is 0.216. The number of hydrogen-bond acceptors (Lipinski definition) is 3. The SMILES string of the molecule is COc1c(F)cc(OC(=O)c2ccc(C)cc2)cc1F. The quantitative estimate of drug-likeness (QED) is 0.636. The Kier molecular flexibility index (Phi) is 3.98. The lowest BCUT2D eigenvalue weighted by Gasteiger charge is -2.08. The summed E-state index contributed by atoms with van der Waals surface area (Å²) in [5.74, 6) is -3.28. The fraction of sp³-hybridized carbons (Fsp3) is 0.133. The van der Waals surface area contributed by atoms with Crippen LogP contribution < -0.4 is 9.47 Å². The minimum Gasteiger partial charge on any atom is -0.491 e. The van der Waals surface area contributed by atoms with E-state index in [0.29, 0.717) is 5.56 Å². The second-order valence-corrected chi connectivity index (χ2v) is 4.18. The lowest BCUT2D eigenvalue weighted by molar-refractivity contribution is 0.0733. The van der Waals surface area contributed by atoms with Gasteiger partial charge in [-0.25, -0.2) is 13.6 Å². The molecule has 0 aliphatic heterocycles. The topological polar surface area (TPSA) is 35.5 Å². The molecule has 0 N–H and O–H groups in total. The first-order valence-electron chi connectivity index (χ1n) is 5.83. The van der Waals surface area contributed by atoms with Crippen molar-refractivity contribution in [2.24, 2.45) is 0 Å². The molecule has 2 rings (SSSR count). The van der Waals surface area contributed by atoms with Gasteiger partial charge in [0, 0.05) is 12.1 Å². The molecule has 0 aliphatic rings. The van der Waals surface area contributed by atoms with E-state index >= 15 is 0 Å². The van der Waals surface area contributed by atoms with Gasteiger partial charge < -0.3 is 9.47 Å². The molecule has 0 aromatic heterocycles. The molecule has 0 radical (unpaired) electrons. The highest BCUT2D eigenvalue weighted by Gasteiger charge is 2.15. The normalized spacial score (nSPS) is 10.2. The lowest BCUT2D eigenvalue weighted by Crippen LogP contribution is -2.09. The molecule has 0 bridgehead atoms. The fourth-order valence-electron chi connectivity index (χ4n) is 1.65. The maximum absolute atomic E-state index is 13.5. The number of rotatable bonds is 3. The number of benzene rings is 2. The zero-order valence-electron chi connectivity index (χ0n) is 10.9. The zero-order valence-corrected chi connectivity index (χ0v) is 10.9. The molecular weight excluding hydrogens is 266 g/mol. The van der Waals surface area contributed by atoms with Gasteiger partial charge in [-0.3, -0.25) is 0 Å². The third kappa shape index (κ3) is 2.93. The number of halogens is 2. The Morgan fingerprint density at radius 3 is 2.10 bits per heavy atom. The summed E-state index contributed by atoms with van der Waals surface area (Å²) in [6, 6.07) is 8.43. The van der Waals surface area contributed by atoms with Crippen LogP contribution in [-0.2, 0) is 0 Å². The van der Waals surface area contributed by atoms with E-state index in [4.69, 9.17) is 4.74 Å². The molecule has 0 spiro atoms. The van der Waals surface area contributed by atoms with Crippen molar-refractivity contribution in [3.63, 3.8) is 0 Å². The molecule has 2 aromatic rings. The van der Waals surface area contributed by atoms with Gasteiger partial charge in [-0.05, 0) is 19.1 Å². The number of carbonyl (C=O) groups excluding carboxylic acids is 1. The van der Waals surface area contributed by atoms with Crippen LogP contribution in [0, 0.1) is 18.6 Å². The Balaban J connectivity index is 2.22. The van der Waals surface area contributed by atoms with Crippen LogP contribution in [0.3, 0.4) is 0 Å². The Morgan fingerprint density at radius 1 is 1.05 bits per heavy atom. The number of methoxy groups -OCH3 is 1. The summed E-state index contributed by atoms with van der Waals surface area (Å²) in [6.07, 6.45) is 0. The molecule has 104 valence electrons. The van der Waals surface area contributed by atoms with Gasteiger partial charge in [0.15, 0.2) is 17.4 Å². The molecule has 20 heavy (non-hydrogen) atoms. The van der Waals surface area contributed by atoms with E-state index in [1.165, 1.54) is 0 Å². The maximum Gasteiger partial charge on any atom is 0.343 e. The third-order valence-electron chi connectivity index (χ3n) is 2.67. The van der Waals surface area contributed by atoms with E-state index in [2.05, 4.69) is 4.74 Å². The summed E-state index contributed by atoms with van der Waals surface area (Å²) in [6.45, 7) is 1.88. The molecule has 0 heterocycles. The Labute approximate surface area is 114 Å². The van der Waals surface area contributed by atoms with Crippen LogP contribution in [-0.4, -0.2) is 13.1 Å². The van der Waals surface area contributed by atoms with Crippen molar-refractivity contribution >= 4 is 5.97 Å². The van der Waals surface area contributed by atoms with E-state index in [0.717, 1.165) is 24.8 Å². The second-order valence-electron chi connectivity index (χ2n) is 4.18. The summed E-state index contributed by atoms with van der Waals surface area (Å²) >= 11 is 0. The standard InChI is InChI=1S/C15H12F2O3/c1-9-3-5-10(6-4-9)15(18)20-11-7-12(16)14(19-2)13(17)8-11/h3-8H,1-2H3. The highest BCUT2D eigenvalue weighted by atomic mass is 19.1. The Morgan fingerprint density at radius 2 is 1.60 bits per heavy atom. The molecule has 2 aromatic carbocycles. The number of carbonyl (C=O) groups is 1. The zero-order chi connectivity index (χ0) is 14.7. The molecule has 0 saturated carbocycles. The lowest BCUT2D eigenvalue weighted by atomic mass is 10.1. The van der Waals surface area contributed by atoms with Gasteiger partial charge >= 0.3 is 5.97 Å². The first kappa shape index (κ1) is 14.0. The average molecular weight is 278 g/mol. The minimum atomic E-state index is -0.931. The summed E-state index contributed by atoms with van der Waals surface area (Å²) < 4.78 is 36.4. The molecule has 0 atom stereocenters. The van der Waals surface area contributed by atoms with Crippen molar-refractivity contribution in [2.75, 3.05) is 7.11 Å². The van der Waals surface area contributed by atoms with Crippen LogP contribution in [0.2, 0.25) is 0 Å². The number of hydrogen-bond donors (Lipinski definition) is 0. The van der Waals surface area contributed by atoms with Crippen molar-refractivity contribution < 1.29 is 23.0 Å². The van der Waals surface area contributed by atoms with Gasteiger partial charge in [0.25, 0.3) is 0 Å². The summed E-state index contributed by atoms with van der Waals surface area (Å²) in [7, 11) is 1.15. The molecule has 5 heteroatoms. The Hall–Kier alpha value is -2.43. The van der Waals surface area contributed by atoms with Crippen LogP contribution in [0.25, 0.3) is 0 Å². The van der Waals surface area contributed by atoms with Gasteiger partial charge in [-0.2, -0.15) is 0 Å². The van der Waals surface area contributed by atoms with E-state index < -0.39 is 23.4 Å². The first-order valence-corrected chi connectivity index (χ1v) is 5.83. The largest absolute Gasteiger partial charge is 0.491 e. The highest BCUT2D eigenvalue weighted by Crippen LogP contribution is 2.27. The highest BCUT2D eigenvalue weighted by molar-refractivity contribution is 5.91. The van der Waals surface area contributed by atoms with Gasteiger partial charge in [-0.1, -0.05) is 17.7 Å². The van der Waals surface area contributed by atoms with E-state index in [9.17, 15) is 13.6 Å². The summed E-state index contributed by atoms with van der Waals surface area (Å²) in [5, 5.41) is 0. The predicted octanol–water partition coefficient (Wildman–Crippen LogP) is 3.50. The van der Waals surface area contributed by atoms with Gasteiger partial charge in [-0.15, -0.1) is 0 Å². The van der Waals surface area contributed by atoms with Crippen LogP contribution >= 0.6 is 0 Å². The molecule has 0 aliphatic carbocycles. The summed E-state index contributed by atoms with van der Waals surface area (Å²) in [4.78, 5) is 11.8. The predicted molar refractivity (Wildman–Crippen MR) is 69.0 cm³/mol. The van der Waals surface area contributed by atoms with Crippen LogP contribution in [0.4, 0.5) is 8.78 Å². The van der Waals surface area contributed by atoms with Crippen LogP contribution in [0.5, 0.6) is 11.5 Å². The average Bonchev–Trinajstić information content (AvgIpc) is 2.39. The first-order chi connectivity index (χ1) is 9.51. The molecule has 0 amide bonds. The Bertz CT molecular complexity index is 613. The van der Waals surface area contributed by atoms with Crippen molar-refractivity contribution in [1.29, 1.82) is 0 Å². The third-order valence-corrected chi connectivity index (χ3v) is 2.67. The molecule has 0 saturated heterocycles. The molecular formula is C15H12F2O3.